The molecular formula is C14H18BrClO. The van der Waals surface area contributed by atoms with Crippen molar-refractivity contribution in [3.05, 3.63) is 28.3 Å². The third-order valence-corrected chi connectivity index (χ3v) is 4.28. The molecular weight excluding hydrogens is 300 g/mol. The minimum atomic E-state index is 0.343. The molecule has 1 nitrogen and oxygen atoms in total. The first-order chi connectivity index (χ1) is 8.08. The second-order valence-electron chi connectivity index (χ2n) is 5.02. The molecule has 1 heterocycles. The van der Waals surface area contributed by atoms with Crippen molar-refractivity contribution in [1.29, 1.82) is 0 Å². The molecule has 1 aliphatic heterocycles. The summed E-state index contributed by atoms with van der Waals surface area (Å²) in [6.07, 6.45) is 3.30. The van der Waals surface area contributed by atoms with E-state index in [0.29, 0.717) is 4.83 Å². The van der Waals surface area contributed by atoms with Gasteiger partial charge >= 0.3 is 0 Å². The summed E-state index contributed by atoms with van der Waals surface area (Å²) in [5.74, 6) is 1.78. The van der Waals surface area contributed by atoms with Crippen molar-refractivity contribution < 1.29 is 4.74 Å². The highest BCUT2D eigenvalue weighted by Crippen LogP contribution is 2.41. The summed E-state index contributed by atoms with van der Waals surface area (Å²) in [5, 5.41) is 0.818. The SMILES string of the molecule is CC(C)CCC(Br)c1cc(Cl)cc2c1OCC2. The maximum absolute atomic E-state index is 6.16. The van der Waals surface area contributed by atoms with Gasteiger partial charge in [-0.25, -0.2) is 0 Å². The molecule has 0 amide bonds. The number of alkyl halides is 1. The Morgan fingerprint density at radius 2 is 2.12 bits per heavy atom. The Kier molecular flexibility index (Phi) is 4.37. The van der Waals surface area contributed by atoms with Crippen molar-refractivity contribution in [1.82, 2.24) is 0 Å². The van der Waals surface area contributed by atoms with E-state index in [0.717, 1.165) is 36.1 Å². The van der Waals surface area contributed by atoms with Gasteiger partial charge in [-0.2, -0.15) is 0 Å². The summed E-state index contributed by atoms with van der Waals surface area (Å²) in [7, 11) is 0. The van der Waals surface area contributed by atoms with Gasteiger partial charge in [0.25, 0.3) is 0 Å². The maximum atomic E-state index is 6.16. The quantitative estimate of drug-likeness (QED) is 0.698. The van der Waals surface area contributed by atoms with E-state index in [2.05, 4.69) is 29.8 Å². The molecule has 3 heteroatoms. The van der Waals surface area contributed by atoms with Gasteiger partial charge in [0.05, 0.1) is 6.61 Å². The van der Waals surface area contributed by atoms with Gasteiger partial charge in [0.15, 0.2) is 0 Å². The van der Waals surface area contributed by atoms with Crippen molar-refractivity contribution in [2.45, 2.75) is 37.9 Å². The number of benzene rings is 1. The predicted octanol–water partition coefficient (Wildman–Crippen LogP) is 5.15. The molecule has 0 saturated heterocycles. The van der Waals surface area contributed by atoms with E-state index >= 15 is 0 Å². The molecule has 1 aromatic carbocycles. The number of rotatable bonds is 4. The van der Waals surface area contributed by atoms with E-state index in [1.165, 1.54) is 17.5 Å². The van der Waals surface area contributed by atoms with Gasteiger partial charge in [0, 0.05) is 21.8 Å². The molecule has 0 radical (unpaired) electrons. The molecule has 0 N–H and O–H groups in total. The van der Waals surface area contributed by atoms with Crippen LogP contribution in [-0.2, 0) is 6.42 Å². The fourth-order valence-electron chi connectivity index (χ4n) is 2.17. The van der Waals surface area contributed by atoms with E-state index in [9.17, 15) is 0 Å². The molecule has 94 valence electrons. The first-order valence-corrected chi connectivity index (χ1v) is 7.46. The Balaban J connectivity index is 2.20. The van der Waals surface area contributed by atoms with E-state index in [1.807, 2.05) is 12.1 Å². The summed E-state index contributed by atoms with van der Waals surface area (Å²) < 4.78 is 5.72. The third-order valence-electron chi connectivity index (χ3n) is 3.11. The fourth-order valence-corrected chi connectivity index (χ4v) is 3.02. The molecule has 0 bridgehead atoms. The van der Waals surface area contributed by atoms with Crippen molar-refractivity contribution >= 4 is 27.5 Å². The number of ether oxygens (including phenoxy) is 1. The average Bonchev–Trinajstić information content (AvgIpc) is 2.72. The molecule has 0 aromatic heterocycles. The highest BCUT2D eigenvalue weighted by molar-refractivity contribution is 9.09. The molecule has 0 saturated carbocycles. The second-order valence-corrected chi connectivity index (χ2v) is 6.56. The Bertz CT molecular complexity index is 403. The van der Waals surface area contributed by atoms with E-state index in [1.54, 1.807) is 0 Å². The molecule has 0 spiro atoms. The van der Waals surface area contributed by atoms with Gasteiger partial charge < -0.3 is 4.74 Å². The number of hydrogen-bond acceptors (Lipinski definition) is 1. The molecule has 1 aromatic rings. The molecule has 1 unspecified atom stereocenters. The van der Waals surface area contributed by atoms with Gasteiger partial charge in [-0.15, -0.1) is 0 Å². The Labute approximate surface area is 117 Å². The summed E-state index contributed by atoms with van der Waals surface area (Å²) >= 11 is 9.92. The second kappa shape index (κ2) is 5.62. The zero-order valence-electron chi connectivity index (χ0n) is 10.3. The van der Waals surface area contributed by atoms with Crippen molar-refractivity contribution in [2.75, 3.05) is 6.61 Å². The lowest BCUT2D eigenvalue weighted by atomic mass is 10.00. The van der Waals surface area contributed by atoms with Gasteiger partial charge in [-0.05, 0) is 36.5 Å². The minimum absolute atomic E-state index is 0.343. The lowest BCUT2D eigenvalue weighted by molar-refractivity contribution is 0.352. The fraction of sp³-hybridized carbons (Fsp3) is 0.571. The topological polar surface area (TPSA) is 9.23 Å². The lowest BCUT2D eigenvalue weighted by Gasteiger charge is -2.15. The number of fused-ring (bicyclic) bond motifs is 1. The molecule has 2 rings (SSSR count). The number of hydrogen-bond donors (Lipinski definition) is 0. The summed E-state index contributed by atoms with van der Waals surface area (Å²) in [6.45, 7) is 5.28. The normalized spacial score (nSPS) is 15.8. The van der Waals surface area contributed by atoms with Gasteiger partial charge in [-0.1, -0.05) is 41.4 Å². The highest BCUT2D eigenvalue weighted by Gasteiger charge is 2.21. The highest BCUT2D eigenvalue weighted by atomic mass is 79.9. The monoisotopic (exact) mass is 316 g/mol. The van der Waals surface area contributed by atoms with Crippen LogP contribution in [0.5, 0.6) is 5.75 Å². The van der Waals surface area contributed by atoms with Crippen LogP contribution in [0.15, 0.2) is 12.1 Å². The van der Waals surface area contributed by atoms with Crippen LogP contribution >= 0.6 is 27.5 Å². The van der Waals surface area contributed by atoms with Crippen LogP contribution < -0.4 is 4.74 Å². The van der Waals surface area contributed by atoms with Crippen LogP contribution in [0.25, 0.3) is 0 Å². The van der Waals surface area contributed by atoms with Gasteiger partial charge in [0.1, 0.15) is 5.75 Å². The Morgan fingerprint density at radius 3 is 2.82 bits per heavy atom. The van der Waals surface area contributed by atoms with Gasteiger partial charge in [-0.3, -0.25) is 0 Å². The summed E-state index contributed by atoms with van der Waals surface area (Å²) in [4.78, 5) is 0.343. The molecule has 17 heavy (non-hydrogen) atoms. The van der Waals surface area contributed by atoms with E-state index in [-0.39, 0.29) is 0 Å². The predicted molar refractivity (Wildman–Crippen MR) is 76.4 cm³/mol. The molecule has 1 atom stereocenters. The van der Waals surface area contributed by atoms with Crippen LogP contribution in [-0.4, -0.2) is 6.61 Å². The third kappa shape index (κ3) is 3.17. The van der Waals surface area contributed by atoms with Crippen LogP contribution in [0.1, 0.15) is 42.6 Å². The van der Waals surface area contributed by atoms with Gasteiger partial charge in [0.2, 0.25) is 0 Å². The van der Waals surface area contributed by atoms with Crippen LogP contribution in [0.4, 0.5) is 0 Å². The lowest BCUT2D eigenvalue weighted by Crippen LogP contribution is -1.97. The summed E-state index contributed by atoms with van der Waals surface area (Å²) in [5.41, 5.74) is 2.46. The molecule has 0 aliphatic carbocycles. The zero-order chi connectivity index (χ0) is 12.4. The smallest absolute Gasteiger partial charge is 0.127 e. The molecule has 1 aliphatic rings. The van der Waals surface area contributed by atoms with Crippen LogP contribution in [0, 0.1) is 5.92 Å². The minimum Gasteiger partial charge on any atom is -0.493 e. The Hall–Kier alpha value is -0.210. The average molecular weight is 318 g/mol. The van der Waals surface area contributed by atoms with E-state index in [4.69, 9.17) is 16.3 Å². The first kappa shape index (κ1) is 13.2. The van der Waals surface area contributed by atoms with E-state index < -0.39 is 0 Å². The molecule has 0 fully saturated rings. The standard InChI is InChI=1S/C14H18BrClO/c1-9(2)3-4-13(15)12-8-11(16)7-10-5-6-17-14(10)12/h7-9,13H,3-6H2,1-2H3. The largest absolute Gasteiger partial charge is 0.493 e. The van der Waals surface area contributed by atoms with Crippen molar-refractivity contribution in [2.24, 2.45) is 5.92 Å². The maximum Gasteiger partial charge on any atom is 0.127 e. The van der Waals surface area contributed by atoms with Crippen LogP contribution in [0.3, 0.4) is 0 Å². The van der Waals surface area contributed by atoms with Crippen molar-refractivity contribution in [3.8, 4) is 5.75 Å². The zero-order valence-corrected chi connectivity index (χ0v) is 12.6. The van der Waals surface area contributed by atoms with Crippen molar-refractivity contribution in [3.63, 3.8) is 0 Å². The van der Waals surface area contributed by atoms with Crippen LogP contribution in [0.2, 0.25) is 5.02 Å². The Morgan fingerprint density at radius 1 is 1.35 bits per heavy atom. The number of halogens is 2. The first-order valence-electron chi connectivity index (χ1n) is 6.17. The summed E-state index contributed by atoms with van der Waals surface area (Å²) in [6, 6.07) is 4.06.